The molecule has 1 aromatic heterocycles. The molecule has 248 valence electrons. The van der Waals surface area contributed by atoms with Crippen LogP contribution in [0.5, 0.6) is 0 Å². The molecule has 0 aromatic carbocycles. The van der Waals surface area contributed by atoms with E-state index >= 15 is 0 Å². The Morgan fingerprint density at radius 3 is 2.14 bits per heavy atom. The van der Waals surface area contributed by atoms with Crippen molar-refractivity contribution in [3.63, 3.8) is 0 Å². The molecule has 1 aliphatic heterocycles. The highest BCUT2D eigenvalue weighted by atomic mass is 28.4. The summed E-state index contributed by atoms with van der Waals surface area (Å²) in [6, 6.07) is -2.61. The SMILES string of the molecule is COC(=O)[C@H](COC(C)=O)NC(=O)[C@H](CO[Si](C)(C)C(C)(C)C)NC(=O)c1cn(C2CCN(C(=O)OC(C)(C)C)CC2)nn1. The number of hydrogen-bond donors (Lipinski definition) is 2. The monoisotopic (exact) mass is 640 g/mol. The van der Waals surface area contributed by atoms with Gasteiger partial charge in [-0.25, -0.2) is 14.3 Å². The van der Waals surface area contributed by atoms with Crippen molar-refractivity contribution in [2.24, 2.45) is 0 Å². The second kappa shape index (κ2) is 15.0. The molecule has 2 rings (SSSR count). The fourth-order valence-corrected chi connectivity index (χ4v) is 4.92. The number of hydrogen-bond acceptors (Lipinski definition) is 11. The Balaban J connectivity index is 2.15. The van der Waals surface area contributed by atoms with E-state index in [1.54, 1.807) is 9.58 Å². The van der Waals surface area contributed by atoms with Gasteiger partial charge in [0.2, 0.25) is 5.91 Å². The topological polar surface area (TPSA) is 180 Å². The highest BCUT2D eigenvalue weighted by Gasteiger charge is 2.39. The van der Waals surface area contributed by atoms with Crippen LogP contribution >= 0.6 is 0 Å². The third-order valence-corrected chi connectivity index (χ3v) is 12.0. The minimum Gasteiger partial charge on any atom is -0.467 e. The fourth-order valence-electron chi connectivity index (χ4n) is 3.91. The zero-order valence-electron chi connectivity index (χ0n) is 27.5. The van der Waals surface area contributed by atoms with E-state index in [-0.39, 0.29) is 29.5 Å². The largest absolute Gasteiger partial charge is 0.467 e. The second-order valence-electron chi connectivity index (χ2n) is 13.3. The highest BCUT2D eigenvalue weighted by Crippen LogP contribution is 2.36. The molecule has 2 heterocycles. The zero-order chi connectivity index (χ0) is 33.5. The Hall–Kier alpha value is -3.53. The summed E-state index contributed by atoms with van der Waals surface area (Å²) >= 11 is 0. The first-order valence-corrected chi connectivity index (χ1v) is 17.5. The molecule has 0 radical (unpaired) electrons. The Kier molecular flexibility index (Phi) is 12.5. The number of amides is 3. The van der Waals surface area contributed by atoms with Crippen LogP contribution in [0.1, 0.15) is 77.8 Å². The molecule has 0 bridgehead atoms. The lowest BCUT2D eigenvalue weighted by Crippen LogP contribution is -2.56. The van der Waals surface area contributed by atoms with E-state index in [0.717, 1.165) is 7.11 Å². The first kappa shape index (κ1) is 36.7. The summed E-state index contributed by atoms with van der Waals surface area (Å²) in [5.41, 5.74) is -0.607. The number of nitrogens with zero attached hydrogens (tertiary/aromatic N) is 4. The van der Waals surface area contributed by atoms with Crippen molar-refractivity contribution in [1.82, 2.24) is 30.5 Å². The molecule has 0 aliphatic carbocycles. The number of ether oxygens (including phenoxy) is 3. The van der Waals surface area contributed by atoms with Crippen LogP contribution in [0.15, 0.2) is 6.20 Å². The Morgan fingerprint density at radius 1 is 1.00 bits per heavy atom. The molecular formula is C28H48N6O9Si. The van der Waals surface area contributed by atoms with Gasteiger partial charge in [-0.15, -0.1) is 5.10 Å². The number of nitrogens with one attached hydrogen (secondary N) is 2. The minimum atomic E-state index is -2.35. The smallest absolute Gasteiger partial charge is 0.410 e. The number of methoxy groups -OCH3 is 1. The van der Waals surface area contributed by atoms with Gasteiger partial charge in [0.25, 0.3) is 5.91 Å². The Bertz CT molecular complexity index is 1180. The Labute approximate surface area is 259 Å². The highest BCUT2D eigenvalue weighted by molar-refractivity contribution is 6.74. The van der Waals surface area contributed by atoms with Gasteiger partial charge < -0.3 is 34.2 Å². The van der Waals surface area contributed by atoms with E-state index in [0.29, 0.717) is 25.9 Å². The maximum Gasteiger partial charge on any atom is 0.410 e. The molecule has 16 heteroatoms. The van der Waals surface area contributed by atoms with Crippen LogP contribution in [0, 0.1) is 0 Å². The quantitative estimate of drug-likeness (QED) is 0.206. The van der Waals surface area contributed by atoms with Crippen LogP contribution in [0.4, 0.5) is 4.79 Å². The molecule has 2 atom stereocenters. The number of piperidine rings is 1. The van der Waals surface area contributed by atoms with E-state index in [2.05, 4.69) is 20.9 Å². The van der Waals surface area contributed by atoms with Gasteiger partial charge in [-0.1, -0.05) is 26.0 Å². The first-order chi connectivity index (χ1) is 20.2. The van der Waals surface area contributed by atoms with Gasteiger partial charge in [0.1, 0.15) is 18.2 Å². The van der Waals surface area contributed by atoms with Gasteiger partial charge in [0.05, 0.1) is 26.0 Å². The predicted octanol–water partition coefficient (Wildman–Crippen LogP) is 2.19. The lowest BCUT2D eigenvalue weighted by Gasteiger charge is -2.37. The van der Waals surface area contributed by atoms with Gasteiger partial charge in [-0.3, -0.25) is 14.4 Å². The molecule has 2 N–H and O–H groups in total. The van der Waals surface area contributed by atoms with Gasteiger partial charge in [0, 0.05) is 20.0 Å². The lowest BCUT2D eigenvalue weighted by atomic mass is 10.1. The summed E-state index contributed by atoms with van der Waals surface area (Å²) in [7, 11) is -1.21. The minimum absolute atomic E-state index is 0.0193. The molecule has 44 heavy (non-hydrogen) atoms. The molecule has 1 aliphatic rings. The van der Waals surface area contributed by atoms with E-state index in [9.17, 15) is 24.0 Å². The van der Waals surface area contributed by atoms with Crippen molar-refractivity contribution >= 4 is 38.2 Å². The van der Waals surface area contributed by atoms with Gasteiger partial charge >= 0.3 is 18.0 Å². The van der Waals surface area contributed by atoms with Crippen molar-refractivity contribution in [1.29, 1.82) is 0 Å². The normalized spacial score (nSPS) is 16.0. The lowest BCUT2D eigenvalue weighted by molar-refractivity contribution is -0.151. The van der Waals surface area contributed by atoms with E-state index < -0.39 is 56.4 Å². The van der Waals surface area contributed by atoms with Crippen molar-refractivity contribution in [3.05, 3.63) is 11.9 Å². The molecule has 1 fully saturated rings. The molecule has 1 saturated heterocycles. The molecule has 1 aromatic rings. The van der Waals surface area contributed by atoms with Crippen LogP contribution in [0.2, 0.25) is 18.1 Å². The van der Waals surface area contributed by atoms with Crippen molar-refractivity contribution in [2.45, 2.75) is 103 Å². The molecule has 0 unspecified atom stereocenters. The number of carbonyl (C=O) groups excluding carboxylic acids is 5. The fraction of sp³-hybridized carbons (Fsp3) is 0.750. The van der Waals surface area contributed by atoms with Crippen molar-refractivity contribution in [2.75, 3.05) is 33.4 Å². The van der Waals surface area contributed by atoms with E-state index in [1.807, 2.05) is 54.6 Å². The third-order valence-electron chi connectivity index (χ3n) is 7.53. The average molecular weight is 641 g/mol. The number of rotatable bonds is 11. The van der Waals surface area contributed by atoms with Gasteiger partial charge in [0.15, 0.2) is 20.1 Å². The summed E-state index contributed by atoms with van der Waals surface area (Å²) < 4.78 is 22.9. The predicted molar refractivity (Wildman–Crippen MR) is 161 cm³/mol. The molecule has 3 amide bonds. The van der Waals surface area contributed by atoms with Crippen LogP contribution in [-0.2, 0) is 33.0 Å². The maximum atomic E-state index is 13.4. The third kappa shape index (κ3) is 10.9. The molecule has 0 saturated carbocycles. The summed E-state index contributed by atoms with van der Waals surface area (Å²) in [6.07, 6.45) is 2.30. The van der Waals surface area contributed by atoms with Crippen molar-refractivity contribution in [3.8, 4) is 0 Å². The van der Waals surface area contributed by atoms with Gasteiger partial charge in [-0.05, 0) is 51.7 Å². The zero-order valence-corrected chi connectivity index (χ0v) is 28.5. The van der Waals surface area contributed by atoms with Crippen LogP contribution in [-0.4, -0.2) is 109 Å². The summed E-state index contributed by atoms with van der Waals surface area (Å²) in [4.78, 5) is 64.2. The summed E-state index contributed by atoms with van der Waals surface area (Å²) in [6.45, 7) is 17.0. The van der Waals surface area contributed by atoms with Crippen molar-refractivity contribution < 1.29 is 42.6 Å². The van der Waals surface area contributed by atoms with Crippen LogP contribution < -0.4 is 10.6 Å². The second-order valence-corrected chi connectivity index (χ2v) is 18.1. The number of likely N-dealkylation sites (tertiary alicyclic amines) is 1. The summed E-state index contributed by atoms with van der Waals surface area (Å²) in [5.74, 6) is -2.87. The van der Waals surface area contributed by atoms with Gasteiger partial charge in [-0.2, -0.15) is 0 Å². The average Bonchev–Trinajstić information content (AvgIpc) is 3.41. The standard InChI is InChI=1S/C28H48N6O9Si/c1-18(35)41-16-22(25(38)40-8)30-24(37)21(17-42-44(9,10)28(5,6)7)29-23(36)20-15-34(32-31-20)19-11-13-33(14-12-19)26(39)43-27(2,3)4/h15,19,21-22H,11-14,16-17H2,1-10H3,(H,29,36)(H,30,37)/t21-,22-/m0/s1. The number of aromatic nitrogens is 3. The van der Waals surface area contributed by atoms with E-state index in [4.69, 9.17) is 18.6 Å². The first-order valence-electron chi connectivity index (χ1n) is 14.6. The Morgan fingerprint density at radius 2 is 1.61 bits per heavy atom. The molecule has 15 nitrogen and oxygen atoms in total. The number of carbonyl (C=O) groups is 5. The molecular weight excluding hydrogens is 592 g/mol. The van der Waals surface area contributed by atoms with E-state index in [1.165, 1.54) is 13.1 Å². The van der Waals surface area contributed by atoms with Crippen LogP contribution in [0.3, 0.4) is 0 Å². The van der Waals surface area contributed by atoms with Crippen LogP contribution in [0.25, 0.3) is 0 Å². The number of esters is 2. The molecule has 0 spiro atoms. The maximum absolute atomic E-state index is 13.4. The summed E-state index contributed by atoms with van der Waals surface area (Å²) in [5, 5.41) is 13.1.